The summed E-state index contributed by atoms with van der Waals surface area (Å²) in [5, 5.41) is 19.1. The Morgan fingerprint density at radius 3 is 1.76 bits per heavy atom. The molecule has 0 aromatic carbocycles. The molecule has 3 atom stereocenters. The molecule has 1 saturated heterocycles. The third kappa shape index (κ3) is 9.93. The van der Waals surface area contributed by atoms with Crippen LogP contribution < -0.4 is 0 Å². The monoisotopic (exact) mass is 358 g/mol. The molecule has 0 amide bonds. The first-order valence-electron chi connectivity index (χ1n) is 10.6. The van der Waals surface area contributed by atoms with Crippen molar-refractivity contribution in [3.8, 4) is 0 Å². The largest absolute Gasteiger partial charge is 0.394 e. The van der Waals surface area contributed by atoms with Crippen molar-refractivity contribution in [3.05, 3.63) is 0 Å². The van der Waals surface area contributed by atoms with E-state index in [2.05, 4.69) is 6.92 Å². The molecule has 2 N–H and O–H groups in total. The van der Waals surface area contributed by atoms with Crippen LogP contribution in [0.3, 0.4) is 0 Å². The minimum absolute atomic E-state index is 0.111. The molecule has 1 rings (SSSR count). The van der Waals surface area contributed by atoms with Crippen molar-refractivity contribution in [2.45, 2.75) is 128 Å². The van der Waals surface area contributed by atoms with E-state index in [0.29, 0.717) is 0 Å². The fraction of sp³-hybridized carbons (Fsp3) is 1.00. The molecule has 0 aromatic heterocycles. The first kappa shape index (κ1) is 22.9. The predicted octanol–water partition coefficient (Wildman–Crippen LogP) is 4.95. The van der Waals surface area contributed by atoms with Crippen molar-refractivity contribution in [3.63, 3.8) is 0 Å². The zero-order valence-corrected chi connectivity index (χ0v) is 16.8. The lowest BCUT2D eigenvalue weighted by Crippen LogP contribution is -2.37. The van der Waals surface area contributed by atoms with E-state index in [1.54, 1.807) is 0 Å². The Morgan fingerprint density at radius 2 is 1.28 bits per heavy atom. The van der Waals surface area contributed by atoms with Gasteiger partial charge in [-0.2, -0.15) is 0 Å². The van der Waals surface area contributed by atoms with Gasteiger partial charge in [0.2, 0.25) is 0 Å². The number of aliphatic hydroxyl groups is 2. The predicted molar refractivity (Wildman–Crippen MR) is 103 cm³/mol. The van der Waals surface area contributed by atoms with E-state index in [4.69, 9.17) is 9.47 Å². The summed E-state index contributed by atoms with van der Waals surface area (Å²) < 4.78 is 11.6. The second kappa shape index (κ2) is 13.1. The quantitative estimate of drug-likeness (QED) is 0.407. The molecule has 0 unspecified atom stereocenters. The smallest absolute Gasteiger partial charge is 0.163 e. The van der Waals surface area contributed by atoms with Crippen LogP contribution in [0.5, 0.6) is 0 Å². The van der Waals surface area contributed by atoms with Gasteiger partial charge in [0.25, 0.3) is 0 Å². The van der Waals surface area contributed by atoms with E-state index in [1.807, 2.05) is 13.8 Å². The molecule has 0 spiro atoms. The molecule has 4 heteroatoms. The lowest BCUT2D eigenvalue weighted by Gasteiger charge is -2.20. The van der Waals surface area contributed by atoms with E-state index >= 15 is 0 Å². The van der Waals surface area contributed by atoms with Gasteiger partial charge in [-0.1, -0.05) is 84.0 Å². The first-order valence-corrected chi connectivity index (χ1v) is 10.6. The summed E-state index contributed by atoms with van der Waals surface area (Å²) in [6.45, 7) is 5.72. The Morgan fingerprint density at radius 1 is 0.800 bits per heavy atom. The second-order valence-electron chi connectivity index (χ2n) is 8.07. The SMILES string of the molecule is CCCCCCCCCCCCCC[C@H]1OC(C)(C)O[C@@H]1[C@@H](O)CO. The molecule has 4 nitrogen and oxygen atoms in total. The molecule has 1 aliphatic heterocycles. The van der Waals surface area contributed by atoms with Crippen LogP contribution >= 0.6 is 0 Å². The van der Waals surface area contributed by atoms with Crippen LogP contribution in [0, 0.1) is 0 Å². The van der Waals surface area contributed by atoms with Crippen molar-refractivity contribution in [2.24, 2.45) is 0 Å². The molecule has 1 aliphatic rings. The fourth-order valence-corrected chi connectivity index (χ4v) is 3.70. The molecule has 0 aliphatic carbocycles. The molecule has 25 heavy (non-hydrogen) atoms. The van der Waals surface area contributed by atoms with Gasteiger partial charge in [-0.15, -0.1) is 0 Å². The molecule has 0 aromatic rings. The highest BCUT2D eigenvalue weighted by Gasteiger charge is 2.43. The molecule has 1 heterocycles. The molecule has 1 fully saturated rings. The number of ether oxygens (including phenoxy) is 2. The molecule has 150 valence electrons. The summed E-state index contributed by atoms with van der Waals surface area (Å²) >= 11 is 0. The Labute approximate surface area is 155 Å². The van der Waals surface area contributed by atoms with E-state index in [1.165, 1.54) is 70.6 Å². The van der Waals surface area contributed by atoms with E-state index in [0.717, 1.165) is 12.8 Å². The standard InChI is InChI=1S/C21H42O4/c1-4-5-6-7-8-9-10-11-12-13-14-15-16-19-20(18(23)17-22)25-21(2,3)24-19/h18-20,22-23H,4-17H2,1-3H3/t18-,19+,20+/m0/s1. The summed E-state index contributed by atoms with van der Waals surface area (Å²) in [5.74, 6) is -0.664. The topological polar surface area (TPSA) is 58.9 Å². The van der Waals surface area contributed by atoms with Gasteiger partial charge in [-0.25, -0.2) is 0 Å². The maximum atomic E-state index is 9.90. The third-order valence-electron chi connectivity index (χ3n) is 5.13. The van der Waals surface area contributed by atoms with Gasteiger partial charge in [0, 0.05) is 0 Å². The Bertz CT molecular complexity index is 319. The summed E-state index contributed by atoms with van der Waals surface area (Å²) in [5.41, 5.74) is 0. The average molecular weight is 359 g/mol. The van der Waals surface area contributed by atoms with Gasteiger partial charge in [0.05, 0.1) is 12.7 Å². The van der Waals surface area contributed by atoms with Gasteiger partial charge < -0.3 is 19.7 Å². The van der Waals surface area contributed by atoms with E-state index in [9.17, 15) is 10.2 Å². The van der Waals surface area contributed by atoms with Crippen LogP contribution in [0.1, 0.15) is 104 Å². The Hall–Kier alpha value is -0.160. The number of rotatable bonds is 15. The molecule has 0 saturated carbocycles. The van der Waals surface area contributed by atoms with Gasteiger partial charge in [-0.05, 0) is 20.3 Å². The normalized spacial score (nSPS) is 23.9. The highest BCUT2D eigenvalue weighted by molar-refractivity contribution is 4.86. The number of aliphatic hydroxyl groups excluding tert-OH is 2. The summed E-state index contributed by atoms with van der Waals surface area (Å²) in [6, 6.07) is 0. The zero-order chi connectivity index (χ0) is 18.5. The molecular formula is C21H42O4. The molecule has 0 radical (unpaired) electrons. The maximum absolute atomic E-state index is 9.90. The van der Waals surface area contributed by atoms with E-state index < -0.39 is 18.0 Å². The lowest BCUT2D eigenvalue weighted by molar-refractivity contribution is -0.157. The van der Waals surface area contributed by atoms with Crippen LogP contribution in [-0.2, 0) is 9.47 Å². The van der Waals surface area contributed by atoms with Gasteiger partial charge in [0.1, 0.15) is 12.2 Å². The van der Waals surface area contributed by atoms with Crippen LogP contribution in [0.4, 0.5) is 0 Å². The Balaban J connectivity index is 2.00. The van der Waals surface area contributed by atoms with Gasteiger partial charge in [-0.3, -0.25) is 0 Å². The third-order valence-corrected chi connectivity index (χ3v) is 5.13. The van der Waals surface area contributed by atoms with Crippen LogP contribution in [0.15, 0.2) is 0 Å². The first-order chi connectivity index (χ1) is 12.0. The second-order valence-corrected chi connectivity index (χ2v) is 8.07. The average Bonchev–Trinajstić information content (AvgIpc) is 2.90. The number of unbranched alkanes of at least 4 members (excludes halogenated alkanes) is 11. The van der Waals surface area contributed by atoms with Crippen LogP contribution in [0.25, 0.3) is 0 Å². The van der Waals surface area contributed by atoms with Gasteiger partial charge >= 0.3 is 0 Å². The van der Waals surface area contributed by atoms with Crippen LogP contribution in [0.2, 0.25) is 0 Å². The maximum Gasteiger partial charge on any atom is 0.163 e. The van der Waals surface area contributed by atoms with Crippen molar-refractivity contribution < 1.29 is 19.7 Å². The number of hydrogen-bond acceptors (Lipinski definition) is 4. The Kier molecular flexibility index (Phi) is 12.0. The fourth-order valence-electron chi connectivity index (χ4n) is 3.70. The van der Waals surface area contributed by atoms with E-state index in [-0.39, 0.29) is 12.7 Å². The van der Waals surface area contributed by atoms with Crippen molar-refractivity contribution >= 4 is 0 Å². The summed E-state index contributed by atoms with van der Waals surface area (Å²) in [7, 11) is 0. The minimum atomic E-state index is -0.857. The van der Waals surface area contributed by atoms with Crippen molar-refractivity contribution in [1.29, 1.82) is 0 Å². The van der Waals surface area contributed by atoms with Crippen molar-refractivity contribution in [2.75, 3.05) is 6.61 Å². The molecular weight excluding hydrogens is 316 g/mol. The van der Waals surface area contributed by atoms with Gasteiger partial charge in [0.15, 0.2) is 5.79 Å². The minimum Gasteiger partial charge on any atom is -0.394 e. The van der Waals surface area contributed by atoms with Crippen molar-refractivity contribution in [1.82, 2.24) is 0 Å². The number of hydrogen-bond donors (Lipinski definition) is 2. The lowest BCUT2D eigenvalue weighted by atomic mass is 10.0. The summed E-state index contributed by atoms with van der Waals surface area (Å²) in [4.78, 5) is 0. The van der Waals surface area contributed by atoms with Crippen LogP contribution in [-0.4, -0.2) is 40.9 Å². The highest BCUT2D eigenvalue weighted by Crippen LogP contribution is 2.32. The summed E-state index contributed by atoms with van der Waals surface area (Å²) in [6.07, 6.45) is 15.5. The highest BCUT2D eigenvalue weighted by atomic mass is 16.8. The molecule has 0 bridgehead atoms. The zero-order valence-electron chi connectivity index (χ0n) is 16.8.